The van der Waals surface area contributed by atoms with Crippen molar-refractivity contribution in [3.05, 3.63) is 0 Å². The van der Waals surface area contributed by atoms with Crippen LogP contribution in [-0.4, -0.2) is 114 Å². The highest BCUT2D eigenvalue weighted by Crippen LogP contribution is 2.56. The Balaban J connectivity index is 1.52. The molecule has 0 saturated carbocycles. The molecule has 3 aliphatic rings. The number of rotatable bonds is 13. The average molecular weight is 642 g/mol. The number of ether oxygens (including phenoxy) is 5. The van der Waals surface area contributed by atoms with Crippen molar-refractivity contribution in [3.8, 4) is 0 Å². The van der Waals surface area contributed by atoms with Crippen LogP contribution in [0, 0.1) is 0 Å². The first kappa shape index (κ1) is 36.1. The van der Waals surface area contributed by atoms with Crippen molar-refractivity contribution in [2.45, 2.75) is 127 Å². The molecule has 1 N–H and O–H groups in total. The van der Waals surface area contributed by atoms with Crippen LogP contribution in [0.15, 0.2) is 0 Å². The topological polar surface area (TPSA) is 137 Å². The molecule has 0 aromatic rings. The Morgan fingerprint density at radius 1 is 0.732 bits per heavy atom. The third-order valence-electron chi connectivity index (χ3n) is 6.68. The molecule has 0 radical (unpaired) electrons. The molecule has 236 valence electrons. The van der Waals surface area contributed by atoms with Gasteiger partial charge in [-0.1, -0.05) is 12.2 Å². The van der Waals surface area contributed by atoms with Crippen molar-refractivity contribution in [1.29, 1.82) is 0 Å². The normalized spacial score (nSPS) is 37.7. The van der Waals surface area contributed by atoms with Gasteiger partial charge in [0.25, 0.3) is 0 Å². The number of phosphoric acid groups is 1. The van der Waals surface area contributed by atoms with Crippen molar-refractivity contribution < 1.29 is 55.8 Å². The zero-order valence-corrected chi connectivity index (χ0v) is 28.4. The Hall–Kier alpha value is 0.605. The molecule has 3 rings (SSSR count). The summed E-state index contributed by atoms with van der Waals surface area (Å²) in [5.74, 6) is 0. The summed E-state index contributed by atoms with van der Waals surface area (Å²) in [6, 6.07) is -0.464. The molecule has 11 atom stereocenters. The van der Waals surface area contributed by atoms with Gasteiger partial charge in [0.2, 0.25) is 0 Å². The number of hydrogen-bond donors (Lipinski definition) is 2. The van der Waals surface area contributed by atoms with Crippen molar-refractivity contribution in [1.82, 2.24) is 0 Å². The first-order valence-electron chi connectivity index (χ1n) is 14.3. The van der Waals surface area contributed by atoms with Crippen LogP contribution in [0.4, 0.5) is 0 Å². The zero-order valence-electron chi connectivity index (χ0n) is 25.7. The first-order valence-corrected chi connectivity index (χ1v) is 18.5. The number of hydrogen-bond acceptors (Lipinski definition) is 11. The minimum atomic E-state index is -4.50. The third-order valence-corrected chi connectivity index (χ3v) is 9.34. The molecule has 5 unspecified atom stereocenters. The fraction of sp³-hybridized carbons (Fsp3) is 1.00. The lowest BCUT2D eigenvalue weighted by Gasteiger charge is -2.29. The van der Waals surface area contributed by atoms with Gasteiger partial charge in [-0.15, -0.1) is 0 Å². The van der Waals surface area contributed by atoms with E-state index in [-0.39, 0.29) is 49.5 Å². The largest absolute Gasteiger partial charge is 0.472 e. The summed E-state index contributed by atoms with van der Waals surface area (Å²) in [7, 11) is 1.12. The second-order valence-corrected chi connectivity index (χ2v) is 17.5. The lowest BCUT2D eigenvalue weighted by atomic mass is 9.96. The second-order valence-electron chi connectivity index (χ2n) is 13.2. The fourth-order valence-corrected chi connectivity index (χ4v) is 7.56. The summed E-state index contributed by atoms with van der Waals surface area (Å²) in [6.45, 7) is 7.63. The highest BCUT2D eigenvalue weighted by molar-refractivity contribution is 8.44. The molecule has 0 amide bonds. The van der Waals surface area contributed by atoms with Crippen LogP contribution in [0.3, 0.4) is 0 Å². The molecule has 3 fully saturated rings. The van der Waals surface area contributed by atoms with Gasteiger partial charge in [0, 0.05) is 18.0 Å². The average Bonchev–Trinajstić information content (AvgIpc) is 3.43. The Kier molecular flexibility index (Phi) is 12.6. The van der Waals surface area contributed by atoms with Gasteiger partial charge in [0.1, 0.15) is 41.9 Å². The molecule has 0 spiro atoms. The summed E-state index contributed by atoms with van der Waals surface area (Å²) >= 11 is 4.17. The highest BCUT2D eigenvalue weighted by Gasteiger charge is 2.44. The van der Waals surface area contributed by atoms with Gasteiger partial charge in [0.15, 0.2) is 0 Å². The van der Waals surface area contributed by atoms with Crippen molar-refractivity contribution in [3.63, 3.8) is 0 Å². The molecule has 12 nitrogen and oxygen atoms in total. The van der Waals surface area contributed by atoms with E-state index in [1.54, 1.807) is 0 Å². The van der Waals surface area contributed by atoms with Crippen LogP contribution < -0.4 is 0 Å². The summed E-state index contributed by atoms with van der Waals surface area (Å²) < 4.78 is 77.6. The van der Waals surface area contributed by atoms with Crippen molar-refractivity contribution >= 4 is 50.4 Å². The van der Waals surface area contributed by atoms with Crippen molar-refractivity contribution in [2.24, 2.45) is 0 Å². The van der Waals surface area contributed by atoms with Crippen LogP contribution in [-0.2, 0) is 50.9 Å². The predicted octanol–water partition coefficient (Wildman–Crippen LogP) is 1.17. The Morgan fingerprint density at radius 2 is 1.17 bits per heavy atom. The maximum Gasteiger partial charge on any atom is 0.472 e. The summed E-state index contributed by atoms with van der Waals surface area (Å²) in [5, 5.41) is 0. The molecular weight excluding hydrogens is 595 g/mol. The van der Waals surface area contributed by atoms with Gasteiger partial charge in [-0.3, -0.25) is 18.1 Å². The van der Waals surface area contributed by atoms with E-state index >= 15 is 0 Å². The molecule has 41 heavy (non-hydrogen) atoms. The predicted molar refractivity (Wildman–Crippen MR) is 164 cm³/mol. The van der Waals surface area contributed by atoms with E-state index in [0.29, 0.717) is 19.3 Å². The molecular formula is C23H47B3O12P2S. The smallest absolute Gasteiger partial charge is 0.379 e. The maximum atomic E-state index is 13.2. The molecule has 0 aromatic heterocycles. The van der Waals surface area contributed by atoms with Gasteiger partial charge in [0.05, 0.1) is 49.3 Å². The van der Waals surface area contributed by atoms with E-state index in [4.69, 9.17) is 41.8 Å². The zero-order chi connectivity index (χ0) is 30.8. The maximum absolute atomic E-state index is 13.2. The summed E-state index contributed by atoms with van der Waals surface area (Å²) in [5.41, 5.74) is -0.771. The summed E-state index contributed by atoms with van der Waals surface area (Å²) in [4.78, 5) is 10.5. The van der Waals surface area contributed by atoms with Crippen LogP contribution in [0.2, 0.25) is 0 Å². The lowest BCUT2D eigenvalue weighted by molar-refractivity contribution is -0.0975. The minimum absolute atomic E-state index is 0.0292. The van der Waals surface area contributed by atoms with E-state index in [1.165, 1.54) is 0 Å². The molecule has 0 bridgehead atoms. The number of phosphoric ester groups is 1. The molecule has 3 heterocycles. The van der Waals surface area contributed by atoms with E-state index in [2.05, 4.69) is 12.2 Å². The van der Waals surface area contributed by atoms with Gasteiger partial charge in [-0.25, -0.2) is 9.13 Å². The Labute approximate surface area is 252 Å². The molecule has 0 aliphatic carbocycles. The van der Waals surface area contributed by atoms with Crippen LogP contribution in [0.25, 0.3) is 0 Å². The fourth-order valence-electron chi connectivity index (χ4n) is 5.07. The van der Waals surface area contributed by atoms with Gasteiger partial charge < -0.3 is 28.6 Å². The van der Waals surface area contributed by atoms with Gasteiger partial charge >= 0.3 is 14.6 Å². The molecule has 0 aromatic carbocycles. The Morgan fingerprint density at radius 3 is 1.68 bits per heavy atom. The standard InChI is InChI=1S/C23H47B3O12P2S/c1-22(2,3)30-10-16-14(8-20(25)33-16)37-39(27,28)31-11-18-15(9-21(26)35-18)38-40(29,41)32-12-17-13(7-19(24)34-17)36-23(4,5)6/h13-21H,7-12,24-26H2,1-6H3,(H,27,28)(H,29,41)/t13?,14?,15?,16-,17-,18-,19-,20-,21-,40?/m1/s1. The second kappa shape index (κ2) is 14.4. The summed E-state index contributed by atoms with van der Waals surface area (Å²) in [6.07, 6.45) is -1.92. The Bertz CT molecular complexity index is 954. The monoisotopic (exact) mass is 642 g/mol. The van der Waals surface area contributed by atoms with Crippen LogP contribution in [0.5, 0.6) is 0 Å². The van der Waals surface area contributed by atoms with Crippen LogP contribution >= 0.6 is 26.9 Å². The quantitative estimate of drug-likeness (QED) is 0.170. The highest BCUT2D eigenvalue weighted by atomic mass is 32.7. The lowest BCUT2D eigenvalue weighted by Crippen LogP contribution is -2.35. The van der Waals surface area contributed by atoms with E-state index in [0.717, 1.165) is 0 Å². The molecule has 3 aliphatic heterocycles. The van der Waals surface area contributed by atoms with E-state index in [9.17, 15) is 14.0 Å². The molecule has 3 saturated heterocycles. The van der Waals surface area contributed by atoms with Gasteiger partial charge in [-0.05, 0) is 60.8 Å². The van der Waals surface area contributed by atoms with Gasteiger partial charge in [-0.2, -0.15) is 0 Å². The van der Waals surface area contributed by atoms with Crippen molar-refractivity contribution in [2.75, 3.05) is 19.8 Å². The van der Waals surface area contributed by atoms with E-state index in [1.807, 2.05) is 65.1 Å². The number of thiol groups is 1. The third kappa shape index (κ3) is 12.5. The minimum Gasteiger partial charge on any atom is -0.379 e. The molecule has 18 heteroatoms. The first-order chi connectivity index (χ1) is 18.7. The van der Waals surface area contributed by atoms with Crippen LogP contribution in [0.1, 0.15) is 60.8 Å². The van der Waals surface area contributed by atoms with E-state index < -0.39 is 50.7 Å². The SMILES string of the molecule is B[C@H]1CC(OC(C)(C)C)[C@@H](COP(=O)(S)OC2C[C@H](B)O[C@@H]2COP(=O)(O)OC2C[C@H](B)O[C@@H]2COC(C)(C)C)O1.